The van der Waals surface area contributed by atoms with E-state index in [2.05, 4.69) is 42.7 Å². The summed E-state index contributed by atoms with van der Waals surface area (Å²) in [6.45, 7) is 0. The van der Waals surface area contributed by atoms with Gasteiger partial charge in [0.25, 0.3) is 0 Å². The standard InChI is InChI=1S/C17H27N/c1-18-17(16-12-6-3-7-13-16)14-8-11-15-9-4-2-5-10-15/h2,4-5,9-10,16-18H,3,6-8,11-14H2,1H3. The van der Waals surface area contributed by atoms with Gasteiger partial charge in [-0.15, -0.1) is 0 Å². The third kappa shape index (κ3) is 4.13. The molecular formula is C17H27N. The summed E-state index contributed by atoms with van der Waals surface area (Å²) in [4.78, 5) is 0. The second-order valence-corrected chi connectivity index (χ2v) is 5.67. The second-order valence-electron chi connectivity index (χ2n) is 5.67. The van der Waals surface area contributed by atoms with Crippen LogP contribution in [0.1, 0.15) is 50.5 Å². The lowest BCUT2D eigenvalue weighted by atomic mass is 9.82. The maximum Gasteiger partial charge on any atom is 0.00924 e. The number of aryl methyl sites for hydroxylation is 1. The fourth-order valence-corrected chi connectivity index (χ4v) is 3.32. The van der Waals surface area contributed by atoms with Crippen LogP contribution in [0.3, 0.4) is 0 Å². The first-order valence-electron chi connectivity index (χ1n) is 7.61. The molecule has 1 aliphatic rings. The van der Waals surface area contributed by atoms with Crippen molar-refractivity contribution < 1.29 is 0 Å². The predicted octanol–water partition coefficient (Wildman–Crippen LogP) is 4.18. The molecule has 18 heavy (non-hydrogen) atoms. The van der Waals surface area contributed by atoms with Crippen LogP contribution in [-0.4, -0.2) is 13.1 Å². The van der Waals surface area contributed by atoms with Crippen LogP contribution in [0.4, 0.5) is 0 Å². The van der Waals surface area contributed by atoms with Crippen molar-refractivity contribution in [2.45, 2.75) is 57.4 Å². The lowest BCUT2D eigenvalue weighted by Crippen LogP contribution is -2.34. The summed E-state index contributed by atoms with van der Waals surface area (Å²) in [6, 6.07) is 11.6. The highest BCUT2D eigenvalue weighted by atomic mass is 14.9. The van der Waals surface area contributed by atoms with E-state index in [0.29, 0.717) is 0 Å². The van der Waals surface area contributed by atoms with Crippen LogP contribution < -0.4 is 5.32 Å². The lowest BCUT2D eigenvalue weighted by Gasteiger charge is -2.30. The summed E-state index contributed by atoms with van der Waals surface area (Å²) < 4.78 is 0. The first kappa shape index (κ1) is 13.6. The van der Waals surface area contributed by atoms with Gasteiger partial charge in [-0.1, -0.05) is 49.6 Å². The Morgan fingerprint density at radius 1 is 1.11 bits per heavy atom. The lowest BCUT2D eigenvalue weighted by molar-refractivity contribution is 0.265. The van der Waals surface area contributed by atoms with Crippen molar-refractivity contribution in [1.82, 2.24) is 5.32 Å². The molecule has 1 fully saturated rings. The SMILES string of the molecule is CNC(CCCc1ccccc1)C1CCCCC1. The van der Waals surface area contributed by atoms with Crippen LogP contribution in [0.25, 0.3) is 0 Å². The molecule has 0 aliphatic heterocycles. The third-order valence-corrected chi connectivity index (χ3v) is 4.41. The summed E-state index contributed by atoms with van der Waals surface area (Å²) in [5.41, 5.74) is 1.48. The van der Waals surface area contributed by atoms with Gasteiger partial charge in [0.05, 0.1) is 0 Å². The van der Waals surface area contributed by atoms with Crippen molar-refractivity contribution in [3.05, 3.63) is 35.9 Å². The monoisotopic (exact) mass is 245 g/mol. The number of hydrogen-bond acceptors (Lipinski definition) is 1. The van der Waals surface area contributed by atoms with Gasteiger partial charge in [-0.3, -0.25) is 0 Å². The van der Waals surface area contributed by atoms with Gasteiger partial charge in [-0.2, -0.15) is 0 Å². The van der Waals surface area contributed by atoms with Gasteiger partial charge in [0.1, 0.15) is 0 Å². The molecule has 0 aromatic heterocycles. The molecule has 1 heteroatoms. The van der Waals surface area contributed by atoms with E-state index < -0.39 is 0 Å². The van der Waals surface area contributed by atoms with E-state index in [1.54, 1.807) is 0 Å². The Bertz CT molecular complexity index is 314. The van der Waals surface area contributed by atoms with Gasteiger partial charge in [-0.25, -0.2) is 0 Å². The Morgan fingerprint density at radius 2 is 1.83 bits per heavy atom. The van der Waals surface area contributed by atoms with Crippen LogP contribution in [0.5, 0.6) is 0 Å². The smallest absolute Gasteiger partial charge is 0.00924 e. The van der Waals surface area contributed by atoms with E-state index in [-0.39, 0.29) is 0 Å². The highest BCUT2D eigenvalue weighted by Crippen LogP contribution is 2.28. The molecular weight excluding hydrogens is 218 g/mol. The number of nitrogens with one attached hydrogen (secondary N) is 1. The summed E-state index contributed by atoms with van der Waals surface area (Å²) in [6.07, 6.45) is 11.1. The van der Waals surface area contributed by atoms with Gasteiger partial charge >= 0.3 is 0 Å². The molecule has 0 bridgehead atoms. The Hall–Kier alpha value is -0.820. The zero-order valence-electron chi connectivity index (χ0n) is 11.7. The molecule has 1 nitrogen and oxygen atoms in total. The van der Waals surface area contributed by atoms with Crippen LogP contribution >= 0.6 is 0 Å². The van der Waals surface area contributed by atoms with Crippen molar-refractivity contribution in [3.63, 3.8) is 0 Å². The topological polar surface area (TPSA) is 12.0 Å². The van der Waals surface area contributed by atoms with E-state index in [0.717, 1.165) is 12.0 Å². The van der Waals surface area contributed by atoms with E-state index >= 15 is 0 Å². The quantitative estimate of drug-likeness (QED) is 0.793. The molecule has 0 saturated heterocycles. The number of rotatable bonds is 6. The summed E-state index contributed by atoms with van der Waals surface area (Å²) in [7, 11) is 2.14. The predicted molar refractivity (Wildman–Crippen MR) is 78.8 cm³/mol. The summed E-state index contributed by atoms with van der Waals surface area (Å²) in [5, 5.41) is 3.56. The highest BCUT2D eigenvalue weighted by molar-refractivity contribution is 5.14. The van der Waals surface area contributed by atoms with E-state index in [4.69, 9.17) is 0 Å². The maximum atomic E-state index is 3.56. The van der Waals surface area contributed by atoms with Gasteiger partial charge in [0.2, 0.25) is 0 Å². The minimum atomic E-state index is 0.744. The minimum absolute atomic E-state index is 0.744. The molecule has 1 unspecified atom stereocenters. The van der Waals surface area contributed by atoms with Crippen molar-refractivity contribution >= 4 is 0 Å². The zero-order valence-corrected chi connectivity index (χ0v) is 11.7. The molecule has 1 saturated carbocycles. The molecule has 1 N–H and O–H groups in total. The van der Waals surface area contributed by atoms with E-state index in [1.165, 1.54) is 56.9 Å². The van der Waals surface area contributed by atoms with Crippen molar-refractivity contribution in [2.75, 3.05) is 7.05 Å². The normalized spacial score (nSPS) is 18.7. The summed E-state index contributed by atoms with van der Waals surface area (Å²) >= 11 is 0. The second kappa shape index (κ2) is 7.58. The van der Waals surface area contributed by atoms with Crippen LogP contribution in [-0.2, 0) is 6.42 Å². The fraction of sp³-hybridized carbons (Fsp3) is 0.647. The van der Waals surface area contributed by atoms with Crippen LogP contribution in [0.15, 0.2) is 30.3 Å². The van der Waals surface area contributed by atoms with Crippen molar-refractivity contribution in [1.29, 1.82) is 0 Å². The summed E-state index contributed by atoms with van der Waals surface area (Å²) in [5.74, 6) is 0.930. The van der Waals surface area contributed by atoms with E-state index in [9.17, 15) is 0 Å². The minimum Gasteiger partial charge on any atom is -0.317 e. The average molecular weight is 245 g/mol. The first-order chi connectivity index (χ1) is 8.90. The molecule has 0 radical (unpaired) electrons. The average Bonchev–Trinajstić information content (AvgIpc) is 2.46. The van der Waals surface area contributed by atoms with Crippen LogP contribution in [0.2, 0.25) is 0 Å². The Balaban J connectivity index is 1.73. The molecule has 2 rings (SSSR count). The third-order valence-electron chi connectivity index (χ3n) is 4.41. The van der Waals surface area contributed by atoms with E-state index in [1.807, 2.05) is 0 Å². The van der Waals surface area contributed by atoms with Gasteiger partial charge in [0, 0.05) is 6.04 Å². The first-order valence-corrected chi connectivity index (χ1v) is 7.61. The highest BCUT2D eigenvalue weighted by Gasteiger charge is 2.21. The van der Waals surface area contributed by atoms with Crippen LogP contribution in [0, 0.1) is 5.92 Å². The number of benzene rings is 1. The van der Waals surface area contributed by atoms with Gasteiger partial charge in [-0.05, 0) is 50.6 Å². The van der Waals surface area contributed by atoms with Crippen molar-refractivity contribution in [2.24, 2.45) is 5.92 Å². The molecule has 1 aromatic rings. The molecule has 0 spiro atoms. The molecule has 1 aromatic carbocycles. The molecule has 1 atom stereocenters. The Kier molecular flexibility index (Phi) is 5.73. The Morgan fingerprint density at radius 3 is 2.50 bits per heavy atom. The molecule has 0 heterocycles. The van der Waals surface area contributed by atoms with Gasteiger partial charge in [0.15, 0.2) is 0 Å². The van der Waals surface area contributed by atoms with Crippen molar-refractivity contribution in [3.8, 4) is 0 Å². The largest absolute Gasteiger partial charge is 0.317 e. The maximum absolute atomic E-state index is 3.56. The molecule has 0 amide bonds. The molecule has 100 valence electrons. The number of hydrogen-bond donors (Lipinski definition) is 1. The van der Waals surface area contributed by atoms with Gasteiger partial charge < -0.3 is 5.32 Å². The Labute approximate surface area is 112 Å². The fourth-order valence-electron chi connectivity index (χ4n) is 3.32. The molecule has 1 aliphatic carbocycles. The zero-order chi connectivity index (χ0) is 12.6.